The third kappa shape index (κ3) is 5.95. The molecule has 0 heterocycles. The van der Waals surface area contributed by atoms with Crippen molar-refractivity contribution in [2.45, 2.75) is 30.1 Å². The molecule has 0 N–H and O–H groups in total. The van der Waals surface area contributed by atoms with Crippen molar-refractivity contribution in [1.82, 2.24) is 0 Å². The summed E-state index contributed by atoms with van der Waals surface area (Å²) in [5, 5.41) is 0. The van der Waals surface area contributed by atoms with Gasteiger partial charge in [-0.05, 0) is 137 Å². The molecule has 0 fully saturated rings. The fraction of sp³-hybridized carbons (Fsp3) is 0.0704. The predicted molar refractivity (Wildman–Crippen MR) is 299 cm³/mol. The molecule has 340 valence electrons. The van der Waals surface area contributed by atoms with E-state index in [0.29, 0.717) is 0 Å². The van der Waals surface area contributed by atoms with Crippen molar-refractivity contribution in [3.05, 3.63) is 329 Å². The van der Waals surface area contributed by atoms with Gasteiger partial charge in [-0.2, -0.15) is 0 Å². The van der Waals surface area contributed by atoms with E-state index in [-0.39, 0.29) is 5.41 Å². The van der Waals surface area contributed by atoms with Crippen LogP contribution in [0.1, 0.15) is 69.5 Å². The average molecular weight is 918 g/mol. The number of hydrogen-bond donors (Lipinski definition) is 0. The molecule has 0 amide bonds. The van der Waals surface area contributed by atoms with E-state index in [1.54, 1.807) is 0 Å². The summed E-state index contributed by atoms with van der Waals surface area (Å²) in [6.07, 6.45) is 0. The van der Waals surface area contributed by atoms with Crippen LogP contribution in [-0.4, -0.2) is 0 Å². The molecule has 11 aromatic carbocycles. The SMILES string of the molecule is CC1(C)c2ccccc2-c2ccc(N(c3ccc(-c4ccc(-c5ccccc5)cc4)cc3)c3cccc(C4(c5ccccc5)c5ccccc5C5(c6ccccc6)c6ccccc6-c6cccc4c65)c3)cc21. The maximum Gasteiger partial charge on any atom is 0.0720 e. The van der Waals surface area contributed by atoms with Crippen molar-refractivity contribution in [3.8, 4) is 44.5 Å². The van der Waals surface area contributed by atoms with Gasteiger partial charge in [0.25, 0.3) is 0 Å². The molecular weight excluding hydrogens is 867 g/mol. The maximum atomic E-state index is 2.49. The Bertz CT molecular complexity index is 3870. The summed E-state index contributed by atoms with van der Waals surface area (Å²) in [5.74, 6) is 0. The average Bonchev–Trinajstić information content (AvgIpc) is 3.89. The molecule has 1 nitrogen and oxygen atoms in total. The molecule has 0 bridgehead atoms. The normalized spacial score (nSPS) is 17.2. The van der Waals surface area contributed by atoms with Crippen LogP contribution < -0.4 is 4.90 Å². The molecule has 0 aromatic heterocycles. The smallest absolute Gasteiger partial charge is 0.0720 e. The Labute approximate surface area is 423 Å². The van der Waals surface area contributed by atoms with Crippen LogP contribution in [0, 0.1) is 0 Å². The van der Waals surface area contributed by atoms with Gasteiger partial charge in [0.2, 0.25) is 0 Å². The highest BCUT2D eigenvalue weighted by Crippen LogP contribution is 2.66. The molecule has 0 saturated carbocycles. The Morgan fingerprint density at radius 1 is 0.250 bits per heavy atom. The van der Waals surface area contributed by atoms with Crippen LogP contribution >= 0.6 is 0 Å². The lowest BCUT2D eigenvalue weighted by Gasteiger charge is -2.49. The predicted octanol–water partition coefficient (Wildman–Crippen LogP) is 17.9. The van der Waals surface area contributed by atoms with E-state index in [4.69, 9.17) is 0 Å². The van der Waals surface area contributed by atoms with Gasteiger partial charge in [-0.15, -0.1) is 0 Å². The van der Waals surface area contributed by atoms with Crippen molar-refractivity contribution in [1.29, 1.82) is 0 Å². The second-order valence-electron chi connectivity index (χ2n) is 20.3. The minimum Gasteiger partial charge on any atom is -0.310 e. The lowest BCUT2D eigenvalue weighted by Crippen LogP contribution is -2.44. The first-order valence-corrected chi connectivity index (χ1v) is 25.3. The Balaban J connectivity index is 0.993. The van der Waals surface area contributed by atoms with Gasteiger partial charge < -0.3 is 4.90 Å². The molecule has 2 atom stereocenters. The summed E-state index contributed by atoms with van der Waals surface area (Å²) in [6, 6.07) is 102. The van der Waals surface area contributed by atoms with Gasteiger partial charge in [0.15, 0.2) is 0 Å². The van der Waals surface area contributed by atoms with Crippen LogP contribution in [0.15, 0.2) is 273 Å². The molecule has 0 saturated heterocycles. The summed E-state index contributed by atoms with van der Waals surface area (Å²) in [4.78, 5) is 2.48. The van der Waals surface area contributed by atoms with E-state index in [1.165, 1.54) is 100 Å². The fourth-order valence-corrected chi connectivity index (χ4v) is 13.3. The zero-order valence-corrected chi connectivity index (χ0v) is 40.4. The van der Waals surface area contributed by atoms with Crippen LogP contribution in [0.25, 0.3) is 44.5 Å². The molecule has 0 radical (unpaired) electrons. The van der Waals surface area contributed by atoms with E-state index < -0.39 is 10.8 Å². The first-order chi connectivity index (χ1) is 35.5. The Hall–Kier alpha value is -8.78. The Morgan fingerprint density at radius 2 is 0.667 bits per heavy atom. The van der Waals surface area contributed by atoms with E-state index in [9.17, 15) is 0 Å². The van der Waals surface area contributed by atoms with Gasteiger partial charge in [-0.3, -0.25) is 0 Å². The Morgan fingerprint density at radius 3 is 1.32 bits per heavy atom. The van der Waals surface area contributed by atoms with Crippen LogP contribution in [0.3, 0.4) is 0 Å². The number of hydrogen-bond acceptors (Lipinski definition) is 1. The van der Waals surface area contributed by atoms with Crippen molar-refractivity contribution in [2.24, 2.45) is 0 Å². The lowest BCUT2D eigenvalue weighted by molar-refractivity contribution is 0.627. The summed E-state index contributed by atoms with van der Waals surface area (Å²) in [5.41, 5.74) is 25.1. The lowest BCUT2D eigenvalue weighted by atomic mass is 9.51. The standard InChI is InChI=1S/C71H51N/c1-69(2)62-31-14-12-28-58(62)60-45-44-57(47-67(60)69)72(55-42-40-51(41-43-55)50-38-36-49(37-39-50)48-20-6-3-7-21-48)56-27-18-26-54(46-56)70(52-22-8-4-9-23-52)64-33-16-17-34-65(64)71(53-24-10-5-11-25-53)63-32-15-13-29-59(63)61-30-19-35-66(70)68(61)71/h3-47H,1-2H3. The third-order valence-corrected chi connectivity index (χ3v) is 16.4. The van der Waals surface area contributed by atoms with Crippen molar-refractivity contribution >= 4 is 17.1 Å². The quantitative estimate of drug-likeness (QED) is 0.147. The van der Waals surface area contributed by atoms with Crippen LogP contribution in [0.5, 0.6) is 0 Å². The molecule has 1 heteroatoms. The van der Waals surface area contributed by atoms with E-state index in [1.807, 2.05) is 0 Å². The fourth-order valence-electron chi connectivity index (χ4n) is 13.3. The van der Waals surface area contributed by atoms with Gasteiger partial charge in [0, 0.05) is 22.5 Å². The summed E-state index contributed by atoms with van der Waals surface area (Å²) >= 11 is 0. The van der Waals surface area contributed by atoms with Crippen molar-refractivity contribution in [3.63, 3.8) is 0 Å². The molecule has 0 aliphatic heterocycles. The number of benzene rings is 11. The van der Waals surface area contributed by atoms with Gasteiger partial charge >= 0.3 is 0 Å². The topological polar surface area (TPSA) is 3.24 Å². The Kier molecular flexibility index (Phi) is 9.44. The third-order valence-electron chi connectivity index (χ3n) is 16.4. The summed E-state index contributed by atoms with van der Waals surface area (Å²) in [6.45, 7) is 4.75. The molecule has 11 aromatic rings. The minimum atomic E-state index is -0.678. The first-order valence-electron chi connectivity index (χ1n) is 25.3. The van der Waals surface area contributed by atoms with Crippen LogP contribution in [0.4, 0.5) is 17.1 Å². The zero-order valence-electron chi connectivity index (χ0n) is 40.4. The van der Waals surface area contributed by atoms with Crippen LogP contribution in [0.2, 0.25) is 0 Å². The number of anilines is 3. The molecule has 3 aliphatic rings. The largest absolute Gasteiger partial charge is 0.310 e. The summed E-state index contributed by atoms with van der Waals surface area (Å²) in [7, 11) is 0. The zero-order chi connectivity index (χ0) is 48.0. The van der Waals surface area contributed by atoms with Gasteiger partial charge in [0.1, 0.15) is 0 Å². The van der Waals surface area contributed by atoms with E-state index in [0.717, 1.165) is 17.1 Å². The van der Waals surface area contributed by atoms with E-state index in [2.05, 4.69) is 292 Å². The highest BCUT2D eigenvalue weighted by Gasteiger charge is 2.57. The van der Waals surface area contributed by atoms with Gasteiger partial charge in [0.05, 0.1) is 10.8 Å². The molecule has 72 heavy (non-hydrogen) atoms. The van der Waals surface area contributed by atoms with E-state index >= 15 is 0 Å². The summed E-state index contributed by atoms with van der Waals surface area (Å²) < 4.78 is 0. The monoisotopic (exact) mass is 917 g/mol. The first kappa shape index (κ1) is 42.1. The minimum absolute atomic E-state index is 0.162. The van der Waals surface area contributed by atoms with Gasteiger partial charge in [-0.25, -0.2) is 0 Å². The second kappa shape index (κ2) is 16.1. The molecule has 2 unspecified atom stereocenters. The van der Waals surface area contributed by atoms with Crippen LogP contribution in [-0.2, 0) is 16.2 Å². The highest BCUT2D eigenvalue weighted by atomic mass is 15.1. The maximum absolute atomic E-state index is 2.49. The van der Waals surface area contributed by atoms with Crippen molar-refractivity contribution < 1.29 is 0 Å². The molecule has 14 rings (SSSR count). The number of nitrogens with zero attached hydrogens (tertiary/aromatic N) is 1. The molecular formula is C71H51N. The number of rotatable bonds is 8. The van der Waals surface area contributed by atoms with Gasteiger partial charge in [-0.1, -0.05) is 250 Å². The second-order valence-corrected chi connectivity index (χ2v) is 20.3. The number of fused-ring (bicyclic) bond motifs is 8. The van der Waals surface area contributed by atoms with Crippen molar-refractivity contribution in [2.75, 3.05) is 4.90 Å². The highest BCUT2D eigenvalue weighted by molar-refractivity contribution is 5.93. The molecule has 3 aliphatic carbocycles. The molecule has 0 spiro atoms.